The molecule has 0 unspecified atom stereocenters. The Labute approximate surface area is 198 Å². The fourth-order valence-electron chi connectivity index (χ4n) is 3.57. The summed E-state index contributed by atoms with van der Waals surface area (Å²) < 4.78 is 32.0. The van der Waals surface area contributed by atoms with Crippen molar-refractivity contribution in [3.63, 3.8) is 0 Å². The number of amides is 2. The molecule has 0 fully saturated rings. The van der Waals surface area contributed by atoms with Gasteiger partial charge in [0, 0.05) is 0 Å². The predicted molar refractivity (Wildman–Crippen MR) is 121 cm³/mol. The average molecular weight is 483 g/mol. The van der Waals surface area contributed by atoms with E-state index >= 15 is 0 Å². The molecule has 1 aliphatic heterocycles. The molecule has 180 valence electrons. The first kappa shape index (κ1) is 25.0. The molecular weight excluding hydrogens is 464 g/mol. The maximum absolute atomic E-state index is 13.7. The minimum absolute atomic E-state index is 0.154. The zero-order valence-electron chi connectivity index (χ0n) is 18.8. The number of carboxylic acid groups (broad SMARTS) is 2. The summed E-state index contributed by atoms with van der Waals surface area (Å²) >= 11 is 0. The number of methoxy groups -OCH3 is 1. The molecule has 1 heterocycles. The van der Waals surface area contributed by atoms with Gasteiger partial charge in [0.05, 0.1) is 29.5 Å². The van der Waals surface area contributed by atoms with E-state index in [-0.39, 0.29) is 39.3 Å². The third kappa shape index (κ3) is 4.33. The second kappa shape index (κ2) is 9.72. The van der Waals surface area contributed by atoms with Crippen LogP contribution < -0.4 is 9.64 Å². The second-order valence-electron chi connectivity index (χ2n) is 7.01. The number of anilines is 1. The van der Waals surface area contributed by atoms with E-state index in [1.165, 1.54) is 25.3 Å². The second-order valence-corrected chi connectivity index (χ2v) is 7.01. The number of imide groups is 1. The molecule has 0 radical (unpaired) electrons. The maximum atomic E-state index is 13.7. The SMILES string of the molecule is CC.COc1cc2c(cc1C(=O)O)C(=O)N(c1cc(-c3ccc(F)c(F)c3)ccc1C(=O)O)C2=O. The van der Waals surface area contributed by atoms with Crippen LogP contribution >= 0.6 is 0 Å². The van der Waals surface area contributed by atoms with E-state index in [1.807, 2.05) is 13.8 Å². The number of rotatable bonds is 5. The van der Waals surface area contributed by atoms with Crippen LogP contribution in [0.3, 0.4) is 0 Å². The number of carboxylic acids is 2. The van der Waals surface area contributed by atoms with E-state index in [0.29, 0.717) is 4.90 Å². The largest absolute Gasteiger partial charge is 0.496 e. The van der Waals surface area contributed by atoms with Gasteiger partial charge in [-0.15, -0.1) is 0 Å². The van der Waals surface area contributed by atoms with Crippen molar-refractivity contribution in [3.05, 3.63) is 82.4 Å². The highest BCUT2D eigenvalue weighted by molar-refractivity contribution is 6.35. The summed E-state index contributed by atoms with van der Waals surface area (Å²) in [6.07, 6.45) is 0. The van der Waals surface area contributed by atoms with Crippen molar-refractivity contribution in [2.75, 3.05) is 12.0 Å². The van der Waals surface area contributed by atoms with Gasteiger partial charge in [0.25, 0.3) is 11.8 Å². The minimum Gasteiger partial charge on any atom is -0.496 e. The number of aromatic carboxylic acids is 2. The van der Waals surface area contributed by atoms with Gasteiger partial charge in [0.15, 0.2) is 11.6 Å². The smallest absolute Gasteiger partial charge is 0.339 e. The lowest BCUT2D eigenvalue weighted by Gasteiger charge is -2.18. The topological polar surface area (TPSA) is 121 Å². The monoisotopic (exact) mass is 483 g/mol. The highest BCUT2D eigenvalue weighted by Gasteiger charge is 2.40. The van der Waals surface area contributed by atoms with Gasteiger partial charge in [-0.1, -0.05) is 26.0 Å². The van der Waals surface area contributed by atoms with Crippen LogP contribution in [0.15, 0.2) is 48.5 Å². The van der Waals surface area contributed by atoms with Gasteiger partial charge in [-0.2, -0.15) is 0 Å². The van der Waals surface area contributed by atoms with E-state index in [1.54, 1.807) is 0 Å². The molecule has 1 aliphatic rings. The van der Waals surface area contributed by atoms with Crippen molar-refractivity contribution >= 4 is 29.4 Å². The fraction of sp³-hybridized carbons (Fsp3) is 0.120. The number of hydrogen-bond donors (Lipinski definition) is 2. The van der Waals surface area contributed by atoms with Crippen LogP contribution in [0.25, 0.3) is 11.1 Å². The first-order chi connectivity index (χ1) is 16.6. The van der Waals surface area contributed by atoms with E-state index in [9.17, 15) is 38.2 Å². The number of ether oxygens (including phenoxy) is 1. The van der Waals surface area contributed by atoms with Gasteiger partial charge in [0.2, 0.25) is 0 Å². The summed E-state index contributed by atoms with van der Waals surface area (Å²) in [5, 5.41) is 19.0. The standard InChI is InChI=1S/C23H13F2NO7.C2H6/c1-33-19-9-14-13(8-15(19)23(31)32)20(27)26(21(14)28)18-7-11(2-4-12(18)22(29)30)10-3-5-16(24)17(25)6-10;1-2/h2-9H,1H3,(H,29,30)(H,31,32);1-2H3. The molecule has 3 aromatic rings. The molecule has 35 heavy (non-hydrogen) atoms. The molecule has 2 N–H and O–H groups in total. The molecule has 0 bridgehead atoms. The van der Waals surface area contributed by atoms with Crippen LogP contribution in [0.4, 0.5) is 14.5 Å². The third-order valence-electron chi connectivity index (χ3n) is 5.16. The number of nitrogens with zero attached hydrogens (tertiary/aromatic N) is 1. The number of carbonyl (C=O) groups excluding carboxylic acids is 2. The van der Waals surface area contributed by atoms with Crippen molar-refractivity contribution in [1.29, 1.82) is 0 Å². The number of carbonyl (C=O) groups is 4. The van der Waals surface area contributed by atoms with Crippen molar-refractivity contribution in [1.82, 2.24) is 0 Å². The van der Waals surface area contributed by atoms with Crippen molar-refractivity contribution in [2.24, 2.45) is 0 Å². The molecule has 0 aromatic heterocycles. The van der Waals surface area contributed by atoms with Gasteiger partial charge < -0.3 is 14.9 Å². The third-order valence-corrected chi connectivity index (χ3v) is 5.16. The summed E-state index contributed by atoms with van der Waals surface area (Å²) in [4.78, 5) is 50.0. The Bertz CT molecular complexity index is 1380. The van der Waals surface area contributed by atoms with Gasteiger partial charge in [0.1, 0.15) is 11.3 Å². The van der Waals surface area contributed by atoms with Gasteiger partial charge in [-0.3, -0.25) is 9.59 Å². The zero-order valence-corrected chi connectivity index (χ0v) is 18.8. The van der Waals surface area contributed by atoms with Crippen LogP contribution in [-0.2, 0) is 0 Å². The summed E-state index contributed by atoms with van der Waals surface area (Å²) in [6, 6.07) is 8.75. The molecule has 3 aromatic carbocycles. The van der Waals surface area contributed by atoms with E-state index in [4.69, 9.17) is 4.74 Å². The van der Waals surface area contributed by atoms with Crippen LogP contribution in [0.2, 0.25) is 0 Å². The Balaban J connectivity index is 0.00000167. The average Bonchev–Trinajstić information content (AvgIpc) is 3.09. The highest BCUT2D eigenvalue weighted by atomic mass is 19.2. The quantitative estimate of drug-likeness (QED) is 0.497. The Kier molecular flexibility index (Phi) is 6.95. The minimum atomic E-state index is -1.44. The molecule has 8 nitrogen and oxygen atoms in total. The van der Waals surface area contributed by atoms with E-state index in [0.717, 1.165) is 30.3 Å². The lowest BCUT2D eigenvalue weighted by Crippen LogP contribution is -2.31. The number of halogens is 2. The predicted octanol–water partition coefficient (Wildman–Crippen LogP) is 4.86. The molecule has 0 aliphatic carbocycles. The maximum Gasteiger partial charge on any atom is 0.339 e. The molecule has 2 amide bonds. The molecule has 0 saturated heterocycles. The van der Waals surface area contributed by atoms with E-state index < -0.39 is 41.0 Å². The molecular formula is C25H19F2NO7. The first-order valence-electron chi connectivity index (χ1n) is 10.3. The Morgan fingerprint density at radius 1 is 0.771 bits per heavy atom. The molecule has 10 heteroatoms. The Morgan fingerprint density at radius 2 is 1.31 bits per heavy atom. The van der Waals surface area contributed by atoms with Crippen molar-refractivity contribution in [3.8, 4) is 16.9 Å². The fourth-order valence-corrected chi connectivity index (χ4v) is 3.57. The van der Waals surface area contributed by atoms with Crippen LogP contribution in [0.5, 0.6) is 5.75 Å². The lowest BCUT2D eigenvalue weighted by molar-refractivity contribution is 0.0684. The van der Waals surface area contributed by atoms with Gasteiger partial charge in [-0.25, -0.2) is 23.3 Å². The Morgan fingerprint density at radius 3 is 1.86 bits per heavy atom. The molecule has 0 spiro atoms. The first-order valence-corrected chi connectivity index (χ1v) is 10.3. The Hall–Kier alpha value is -4.60. The zero-order chi connectivity index (χ0) is 26.0. The highest BCUT2D eigenvalue weighted by Crippen LogP contribution is 2.37. The molecule has 0 saturated carbocycles. The van der Waals surface area contributed by atoms with Crippen LogP contribution in [-0.4, -0.2) is 41.1 Å². The van der Waals surface area contributed by atoms with E-state index in [2.05, 4.69) is 0 Å². The van der Waals surface area contributed by atoms with Crippen molar-refractivity contribution in [2.45, 2.75) is 13.8 Å². The lowest BCUT2D eigenvalue weighted by atomic mass is 10.0. The summed E-state index contributed by atoms with van der Waals surface area (Å²) in [5.41, 5.74) is -1.08. The molecule has 0 atom stereocenters. The van der Waals surface area contributed by atoms with Gasteiger partial charge >= 0.3 is 11.9 Å². The summed E-state index contributed by atoms with van der Waals surface area (Å²) in [5.74, 6) is -7.03. The van der Waals surface area contributed by atoms with Gasteiger partial charge in [-0.05, 0) is 47.5 Å². The number of benzene rings is 3. The summed E-state index contributed by atoms with van der Waals surface area (Å²) in [6.45, 7) is 4.00. The number of fused-ring (bicyclic) bond motifs is 1. The summed E-state index contributed by atoms with van der Waals surface area (Å²) in [7, 11) is 1.20. The number of hydrogen-bond acceptors (Lipinski definition) is 5. The normalized spacial score (nSPS) is 12.1. The van der Waals surface area contributed by atoms with Crippen LogP contribution in [0, 0.1) is 11.6 Å². The molecule has 4 rings (SSSR count). The van der Waals surface area contributed by atoms with Crippen LogP contribution in [0.1, 0.15) is 55.3 Å². The van der Waals surface area contributed by atoms with Crippen molar-refractivity contribution < 1.29 is 42.9 Å².